The van der Waals surface area contributed by atoms with E-state index < -0.39 is 23.7 Å². The van der Waals surface area contributed by atoms with Crippen LogP contribution in [0.1, 0.15) is 82.6 Å². The number of fused-ring (bicyclic) bond motifs is 2. The van der Waals surface area contributed by atoms with Crippen LogP contribution < -0.4 is 10.6 Å². The number of rotatable bonds is 5. The van der Waals surface area contributed by atoms with Gasteiger partial charge in [0, 0.05) is 17.7 Å². The lowest BCUT2D eigenvalue weighted by Crippen LogP contribution is -2.54. The van der Waals surface area contributed by atoms with Gasteiger partial charge >= 0.3 is 12.1 Å². The van der Waals surface area contributed by atoms with E-state index in [-0.39, 0.29) is 24.4 Å². The molecule has 9 heteroatoms. The summed E-state index contributed by atoms with van der Waals surface area (Å²) < 4.78 is 10.4. The number of hydrogen-bond acceptors (Lipinski definition) is 6. The van der Waals surface area contributed by atoms with Gasteiger partial charge in [0.05, 0.1) is 25.3 Å². The molecule has 0 radical (unpaired) electrons. The van der Waals surface area contributed by atoms with Gasteiger partial charge in [-0.25, -0.2) is 9.59 Å². The highest BCUT2D eigenvalue weighted by atomic mass is 16.6. The fourth-order valence-electron chi connectivity index (χ4n) is 5.66. The second kappa shape index (κ2) is 12.3. The summed E-state index contributed by atoms with van der Waals surface area (Å²) in [5.74, 6) is -1.04. The van der Waals surface area contributed by atoms with Crippen molar-refractivity contribution in [3.63, 3.8) is 0 Å². The van der Waals surface area contributed by atoms with Crippen molar-refractivity contribution in [2.75, 3.05) is 12.4 Å². The summed E-state index contributed by atoms with van der Waals surface area (Å²) in [5, 5.41) is 6.10. The van der Waals surface area contributed by atoms with Crippen molar-refractivity contribution in [1.82, 2.24) is 10.2 Å². The first-order chi connectivity index (χ1) is 20.5. The van der Waals surface area contributed by atoms with E-state index in [2.05, 4.69) is 22.8 Å². The third kappa shape index (κ3) is 6.88. The number of carbonyl (C=O) groups is 4. The van der Waals surface area contributed by atoms with Crippen LogP contribution in [-0.4, -0.2) is 47.5 Å². The number of ether oxygens (including phenoxy) is 2. The van der Waals surface area contributed by atoms with Crippen LogP contribution in [0.2, 0.25) is 0 Å². The predicted octanol–water partition coefficient (Wildman–Crippen LogP) is 5.58. The van der Waals surface area contributed by atoms with Crippen molar-refractivity contribution in [2.24, 2.45) is 0 Å². The minimum Gasteiger partial charge on any atom is -0.465 e. The van der Waals surface area contributed by atoms with Crippen LogP contribution in [0.4, 0.5) is 10.5 Å². The molecule has 0 spiro atoms. The van der Waals surface area contributed by atoms with Gasteiger partial charge in [-0.1, -0.05) is 30.3 Å². The monoisotopic (exact) mass is 583 g/mol. The fraction of sp³-hybridized carbons (Fsp3) is 0.353. The number of amides is 3. The quantitative estimate of drug-likeness (QED) is 0.379. The molecule has 2 unspecified atom stereocenters. The van der Waals surface area contributed by atoms with Crippen LogP contribution in [0.15, 0.2) is 66.7 Å². The van der Waals surface area contributed by atoms with E-state index in [9.17, 15) is 19.2 Å². The van der Waals surface area contributed by atoms with Crippen molar-refractivity contribution in [2.45, 2.75) is 70.7 Å². The van der Waals surface area contributed by atoms with Crippen molar-refractivity contribution >= 4 is 29.6 Å². The van der Waals surface area contributed by atoms with Crippen LogP contribution >= 0.6 is 0 Å². The summed E-state index contributed by atoms with van der Waals surface area (Å²) >= 11 is 0. The zero-order chi connectivity index (χ0) is 30.7. The lowest BCUT2D eigenvalue weighted by molar-refractivity contribution is -0.128. The molecule has 3 aromatic rings. The highest BCUT2D eigenvalue weighted by Gasteiger charge is 2.38. The molecule has 0 saturated carbocycles. The zero-order valence-electron chi connectivity index (χ0n) is 24.9. The first kappa shape index (κ1) is 29.8. The maximum atomic E-state index is 13.8. The van der Waals surface area contributed by atoms with Gasteiger partial charge in [-0.15, -0.1) is 0 Å². The lowest BCUT2D eigenvalue weighted by atomic mass is 9.87. The topological polar surface area (TPSA) is 114 Å². The number of nitrogens with zero attached hydrogens (tertiary/aromatic N) is 1. The second-order valence-corrected chi connectivity index (χ2v) is 12.0. The molecule has 1 aliphatic carbocycles. The Morgan fingerprint density at radius 1 is 0.884 bits per heavy atom. The standard InChI is InChI=1S/C34H37N3O6/c1-34(2,3)43-33(41)37-20-25-18-26(35-30(38)22-12-14-23(15-13-22)32(40)42-4)17-16-24(25)19-29(37)31(39)36-28-11-7-9-21-8-5-6-10-27(21)28/h5-6,8,10,12-18,28-29H,7,9,11,19-20H2,1-4H3,(H,35,38)(H,36,39). The largest absolute Gasteiger partial charge is 0.465 e. The van der Waals surface area contributed by atoms with E-state index in [1.165, 1.54) is 29.7 Å². The van der Waals surface area contributed by atoms with Gasteiger partial charge in [-0.3, -0.25) is 14.5 Å². The second-order valence-electron chi connectivity index (χ2n) is 12.0. The Morgan fingerprint density at radius 2 is 1.60 bits per heavy atom. The predicted molar refractivity (Wildman–Crippen MR) is 162 cm³/mol. The summed E-state index contributed by atoms with van der Waals surface area (Å²) in [6, 6.07) is 19.0. The van der Waals surface area contributed by atoms with Gasteiger partial charge in [0.1, 0.15) is 11.6 Å². The molecule has 224 valence electrons. The number of carbonyl (C=O) groups excluding carboxylic acids is 4. The molecule has 0 fully saturated rings. The molecule has 2 aliphatic rings. The van der Waals surface area contributed by atoms with E-state index >= 15 is 0 Å². The maximum absolute atomic E-state index is 13.8. The van der Waals surface area contributed by atoms with Gasteiger partial charge in [0.2, 0.25) is 5.91 Å². The highest BCUT2D eigenvalue weighted by Crippen LogP contribution is 2.32. The smallest absolute Gasteiger partial charge is 0.411 e. The number of aryl methyl sites for hydroxylation is 1. The molecule has 9 nitrogen and oxygen atoms in total. The van der Waals surface area contributed by atoms with Crippen LogP contribution in [0.25, 0.3) is 0 Å². The normalized spacial score (nSPS) is 17.6. The van der Waals surface area contributed by atoms with E-state index in [0.717, 1.165) is 36.0 Å². The number of methoxy groups -OCH3 is 1. The highest BCUT2D eigenvalue weighted by molar-refractivity contribution is 6.05. The summed E-state index contributed by atoms with van der Waals surface area (Å²) in [6.07, 6.45) is 2.56. The maximum Gasteiger partial charge on any atom is 0.411 e. The molecule has 0 bridgehead atoms. The number of anilines is 1. The zero-order valence-corrected chi connectivity index (χ0v) is 24.9. The van der Waals surface area contributed by atoms with Crippen molar-refractivity contribution in [1.29, 1.82) is 0 Å². The number of benzene rings is 3. The molecule has 3 aromatic carbocycles. The van der Waals surface area contributed by atoms with Crippen LogP contribution in [0, 0.1) is 0 Å². The van der Waals surface area contributed by atoms with Crippen LogP contribution in [0.3, 0.4) is 0 Å². The molecule has 1 heterocycles. The Bertz CT molecular complexity index is 1540. The first-order valence-electron chi connectivity index (χ1n) is 14.5. The molecule has 0 aromatic heterocycles. The number of esters is 1. The Labute approximate surface area is 251 Å². The number of nitrogens with one attached hydrogen (secondary N) is 2. The van der Waals surface area contributed by atoms with Gasteiger partial charge in [-0.05, 0) is 98.7 Å². The fourth-order valence-corrected chi connectivity index (χ4v) is 5.66. The third-order valence-electron chi connectivity index (χ3n) is 7.78. The molecule has 43 heavy (non-hydrogen) atoms. The molecular formula is C34H37N3O6. The van der Waals surface area contributed by atoms with E-state index in [1.54, 1.807) is 39.0 Å². The van der Waals surface area contributed by atoms with Crippen molar-refractivity contribution < 1.29 is 28.7 Å². The summed E-state index contributed by atoms with van der Waals surface area (Å²) in [7, 11) is 1.30. The molecule has 5 rings (SSSR count). The Balaban J connectivity index is 1.35. The summed E-state index contributed by atoms with van der Waals surface area (Å²) in [4.78, 5) is 53.3. The average Bonchev–Trinajstić information content (AvgIpc) is 2.99. The molecule has 0 saturated heterocycles. The van der Waals surface area contributed by atoms with Crippen LogP contribution in [0.5, 0.6) is 0 Å². The summed E-state index contributed by atoms with van der Waals surface area (Å²) in [5.41, 5.74) is 4.64. The van der Waals surface area contributed by atoms with Gasteiger partial charge in [0.15, 0.2) is 0 Å². The van der Waals surface area contributed by atoms with Crippen LogP contribution in [-0.2, 0) is 33.7 Å². The van der Waals surface area contributed by atoms with Gasteiger partial charge in [0.25, 0.3) is 5.91 Å². The van der Waals surface area contributed by atoms with E-state index in [1.807, 2.05) is 24.3 Å². The number of hydrogen-bond donors (Lipinski definition) is 2. The molecule has 2 atom stereocenters. The van der Waals surface area contributed by atoms with Gasteiger partial charge in [-0.2, -0.15) is 0 Å². The molecular weight excluding hydrogens is 546 g/mol. The Hall–Kier alpha value is -4.66. The average molecular weight is 584 g/mol. The van der Waals surface area contributed by atoms with Crippen molar-refractivity contribution in [3.05, 3.63) is 100 Å². The van der Waals surface area contributed by atoms with E-state index in [4.69, 9.17) is 9.47 Å². The third-order valence-corrected chi connectivity index (χ3v) is 7.78. The minimum atomic E-state index is -0.745. The minimum absolute atomic E-state index is 0.112. The molecule has 2 N–H and O–H groups in total. The molecule has 3 amide bonds. The van der Waals surface area contributed by atoms with E-state index in [0.29, 0.717) is 23.2 Å². The lowest BCUT2D eigenvalue weighted by Gasteiger charge is -2.38. The first-order valence-corrected chi connectivity index (χ1v) is 14.5. The SMILES string of the molecule is COC(=O)c1ccc(C(=O)Nc2ccc3c(c2)CN(C(=O)OC(C)(C)C)C(C(=O)NC2CCCc4ccccc42)C3)cc1. The molecule has 1 aliphatic heterocycles. The Kier molecular flexibility index (Phi) is 8.52. The Morgan fingerprint density at radius 3 is 2.33 bits per heavy atom. The van der Waals surface area contributed by atoms with Crippen molar-refractivity contribution in [3.8, 4) is 0 Å². The summed E-state index contributed by atoms with van der Waals surface area (Å²) in [6.45, 7) is 5.54. The van der Waals surface area contributed by atoms with Gasteiger partial charge < -0.3 is 20.1 Å².